The Morgan fingerprint density at radius 1 is 1.42 bits per heavy atom. The zero-order valence-corrected chi connectivity index (χ0v) is 13.8. The van der Waals surface area contributed by atoms with Crippen molar-refractivity contribution in [2.75, 3.05) is 13.1 Å². The van der Waals surface area contributed by atoms with E-state index >= 15 is 0 Å². The second-order valence-corrected chi connectivity index (χ2v) is 6.58. The van der Waals surface area contributed by atoms with E-state index in [0.29, 0.717) is 5.56 Å². The highest BCUT2D eigenvalue weighted by atomic mass is 32.2. The fourth-order valence-corrected chi connectivity index (χ4v) is 3.25. The number of carbonyl (C=O) groups is 2. The van der Waals surface area contributed by atoms with Crippen molar-refractivity contribution in [1.29, 1.82) is 0 Å². The average Bonchev–Trinajstić information content (AvgIpc) is 2.82. The van der Waals surface area contributed by atoms with Crippen molar-refractivity contribution in [3.63, 3.8) is 0 Å². The number of esters is 1. The van der Waals surface area contributed by atoms with E-state index in [4.69, 9.17) is 4.74 Å². The van der Waals surface area contributed by atoms with Gasteiger partial charge in [0.05, 0.1) is 4.90 Å². The number of fused-ring (bicyclic) bond motifs is 1. The number of hydrogen-bond acceptors (Lipinski definition) is 6. The number of sulfonamides is 1. The maximum absolute atomic E-state index is 11.9. The van der Waals surface area contributed by atoms with Crippen molar-refractivity contribution in [2.45, 2.75) is 17.9 Å². The second-order valence-electron chi connectivity index (χ2n) is 4.93. The molecule has 1 aromatic rings. The molecule has 1 amide bonds. The predicted molar refractivity (Wildman–Crippen MR) is 86.9 cm³/mol. The second kappa shape index (κ2) is 7.26. The lowest BCUT2D eigenvalue weighted by molar-refractivity contribution is -0.153. The zero-order chi connectivity index (χ0) is 17.7. The molecule has 0 fully saturated rings. The summed E-state index contributed by atoms with van der Waals surface area (Å²) in [5, 5.41) is 2.50. The summed E-state index contributed by atoms with van der Waals surface area (Å²) in [6, 6.07) is 6.30. The average molecular weight is 351 g/mol. The van der Waals surface area contributed by atoms with Crippen LogP contribution in [0.4, 0.5) is 0 Å². The van der Waals surface area contributed by atoms with Crippen LogP contribution in [0.25, 0.3) is 0 Å². The van der Waals surface area contributed by atoms with E-state index in [1.54, 1.807) is 18.2 Å². The molecule has 0 unspecified atom stereocenters. The highest BCUT2D eigenvalue weighted by Gasteiger charge is 2.30. The van der Waals surface area contributed by atoms with E-state index in [9.17, 15) is 18.0 Å². The number of nitrogens with zero attached hydrogens (tertiary/aromatic N) is 1. The highest BCUT2D eigenvalue weighted by molar-refractivity contribution is 7.90. The van der Waals surface area contributed by atoms with Gasteiger partial charge >= 0.3 is 5.97 Å². The molecule has 1 aromatic carbocycles. The number of benzene rings is 1. The van der Waals surface area contributed by atoms with E-state index in [1.807, 2.05) is 0 Å². The number of aliphatic imine (C=N–C) groups is 1. The number of carbonyl (C=O) groups excluding carboxylic acids is 2. The van der Waals surface area contributed by atoms with E-state index in [-0.39, 0.29) is 17.3 Å². The summed E-state index contributed by atoms with van der Waals surface area (Å²) in [5.74, 6) is -1.12. The maximum Gasteiger partial charge on any atom is 0.328 e. The molecule has 0 aliphatic carbocycles. The van der Waals surface area contributed by atoms with Gasteiger partial charge in [-0.3, -0.25) is 19.3 Å². The van der Waals surface area contributed by atoms with Crippen LogP contribution in [0.2, 0.25) is 0 Å². The molecule has 9 heteroatoms. The van der Waals surface area contributed by atoms with Gasteiger partial charge in [-0.2, -0.15) is 0 Å². The first-order chi connectivity index (χ1) is 11.3. The number of amidine groups is 1. The lowest BCUT2D eigenvalue weighted by Gasteiger charge is -2.11. The van der Waals surface area contributed by atoms with Crippen molar-refractivity contribution < 1.29 is 22.7 Å². The van der Waals surface area contributed by atoms with Crippen molar-refractivity contribution in [2.24, 2.45) is 4.99 Å². The Labute approximate surface area is 139 Å². The molecular weight excluding hydrogens is 334 g/mol. The number of ether oxygens (including phenoxy) is 1. The molecule has 2 N–H and O–H groups in total. The minimum Gasteiger partial charge on any atom is -0.451 e. The topological polar surface area (TPSA) is 114 Å². The molecule has 1 atom stereocenters. The fourth-order valence-electron chi connectivity index (χ4n) is 2.00. The van der Waals surface area contributed by atoms with Crippen LogP contribution in [0.3, 0.4) is 0 Å². The Morgan fingerprint density at radius 2 is 2.12 bits per heavy atom. The van der Waals surface area contributed by atoms with Crippen LogP contribution in [-0.4, -0.2) is 45.3 Å². The van der Waals surface area contributed by atoms with Gasteiger partial charge in [-0.05, 0) is 19.1 Å². The molecule has 0 saturated heterocycles. The Kier molecular flexibility index (Phi) is 5.35. The molecule has 128 valence electrons. The summed E-state index contributed by atoms with van der Waals surface area (Å²) >= 11 is 0. The molecule has 1 heterocycles. The van der Waals surface area contributed by atoms with Crippen LogP contribution in [0.15, 0.2) is 46.8 Å². The van der Waals surface area contributed by atoms with Crippen LogP contribution in [0, 0.1) is 0 Å². The summed E-state index contributed by atoms with van der Waals surface area (Å²) in [6.07, 6.45) is 0.521. The van der Waals surface area contributed by atoms with Gasteiger partial charge in [-0.15, -0.1) is 6.58 Å². The molecule has 0 bridgehead atoms. The van der Waals surface area contributed by atoms with Gasteiger partial charge < -0.3 is 10.1 Å². The zero-order valence-electron chi connectivity index (χ0n) is 13.0. The molecule has 0 aromatic heterocycles. The third-order valence-corrected chi connectivity index (χ3v) is 4.52. The van der Waals surface area contributed by atoms with Gasteiger partial charge in [0.15, 0.2) is 6.10 Å². The monoisotopic (exact) mass is 351 g/mol. The normalized spacial score (nSPS) is 17.5. The van der Waals surface area contributed by atoms with Crippen LogP contribution in [-0.2, 0) is 24.3 Å². The third kappa shape index (κ3) is 3.99. The van der Waals surface area contributed by atoms with Crippen molar-refractivity contribution >= 4 is 27.7 Å². The molecule has 2 rings (SSSR count). The first-order valence-corrected chi connectivity index (χ1v) is 8.58. The number of rotatable bonds is 6. The molecular formula is C15H17N3O5S. The minimum atomic E-state index is -3.66. The first-order valence-electron chi connectivity index (χ1n) is 7.10. The molecule has 1 aliphatic heterocycles. The Hall–Kier alpha value is -2.68. The summed E-state index contributed by atoms with van der Waals surface area (Å²) < 4.78 is 31.0. The van der Waals surface area contributed by atoms with Crippen LogP contribution in [0.1, 0.15) is 12.5 Å². The highest BCUT2D eigenvalue weighted by Crippen LogP contribution is 2.21. The maximum atomic E-state index is 11.9. The van der Waals surface area contributed by atoms with E-state index < -0.39 is 34.5 Å². The van der Waals surface area contributed by atoms with Crippen LogP contribution < -0.4 is 10.0 Å². The Balaban J connectivity index is 2.00. The lowest BCUT2D eigenvalue weighted by atomic mass is 10.2. The van der Waals surface area contributed by atoms with Crippen molar-refractivity contribution in [3.05, 3.63) is 42.5 Å². The molecule has 0 saturated carbocycles. The molecule has 0 radical (unpaired) electrons. The first kappa shape index (κ1) is 17.7. The van der Waals surface area contributed by atoms with Gasteiger partial charge in [0.2, 0.25) is 0 Å². The standard InChI is InChI=1S/C15H17N3O5S/c1-3-8-16-15(20)10(2)23-13(19)9-17-14-11-6-4-5-7-12(11)24(21,22)18-14/h3-7,10H,1,8-9H2,2H3,(H,16,20)(H,17,18)/t10-/m0/s1. The number of amides is 1. The number of hydrogen-bond donors (Lipinski definition) is 2. The summed E-state index contributed by atoms with van der Waals surface area (Å²) in [6.45, 7) is 4.74. The smallest absolute Gasteiger partial charge is 0.328 e. The SMILES string of the molecule is C=CCNC(=O)[C@H](C)OC(=O)CN=C1NS(=O)(=O)c2ccccc21. The van der Waals surface area contributed by atoms with Crippen molar-refractivity contribution in [1.82, 2.24) is 10.0 Å². The van der Waals surface area contributed by atoms with Crippen molar-refractivity contribution in [3.8, 4) is 0 Å². The molecule has 1 aliphatic rings. The van der Waals surface area contributed by atoms with Gasteiger partial charge in [0.25, 0.3) is 15.9 Å². The minimum absolute atomic E-state index is 0.0753. The van der Waals surface area contributed by atoms with E-state index in [1.165, 1.54) is 19.1 Å². The third-order valence-electron chi connectivity index (χ3n) is 3.13. The molecule has 24 heavy (non-hydrogen) atoms. The Morgan fingerprint density at radius 3 is 2.83 bits per heavy atom. The largest absolute Gasteiger partial charge is 0.451 e. The van der Waals surface area contributed by atoms with E-state index in [0.717, 1.165) is 0 Å². The summed E-state index contributed by atoms with van der Waals surface area (Å²) in [4.78, 5) is 27.4. The van der Waals surface area contributed by atoms with E-state index in [2.05, 4.69) is 21.6 Å². The van der Waals surface area contributed by atoms with Gasteiger partial charge in [0, 0.05) is 12.1 Å². The van der Waals surface area contributed by atoms with Gasteiger partial charge in [0.1, 0.15) is 12.4 Å². The summed E-state index contributed by atoms with van der Waals surface area (Å²) in [5.41, 5.74) is 0.391. The van der Waals surface area contributed by atoms with Crippen LogP contribution >= 0.6 is 0 Å². The predicted octanol–water partition coefficient (Wildman–Crippen LogP) is -0.0410. The summed E-state index contributed by atoms with van der Waals surface area (Å²) in [7, 11) is -3.66. The lowest BCUT2D eigenvalue weighted by Crippen LogP contribution is -2.36. The van der Waals surface area contributed by atoms with Gasteiger partial charge in [-0.1, -0.05) is 18.2 Å². The molecule has 0 spiro atoms. The van der Waals surface area contributed by atoms with Crippen LogP contribution in [0.5, 0.6) is 0 Å². The van der Waals surface area contributed by atoms with Gasteiger partial charge in [-0.25, -0.2) is 8.42 Å². The number of nitrogens with one attached hydrogen (secondary N) is 2. The molecule has 8 nitrogen and oxygen atoms in total. The quantitative estimate of drug-likeness (QED) is 0.551. The fraction of sp³-hybridized carbons (Fsp3) is 0.267. The Bertz CT molecular complexity index is 801.